The molecule has 7 heteroatoms. The molecular weight excluding hydrogens is 344 g/mol. The van der Waals surface area contributed by atoms with E-state index in [-0.39, 0.29) is 17.3 Å². The predicted molar refractivity (Wildman–Crippen MR) is 81.9 cm³/mol. The van der Waals surface area contributed by atoms with Crippen LogP contribution in [0.1, 0.15) is 12.5 Å². The van der Waals surface area contributed by atoms with E-state index in [4.69, 9.17) is 0 Å². The fourth-order valence-electron chi connectivity index (χ4n) is 1.83. The van der Waals surface area contributed by atoms with E-state index in [1.54, 1.807) is 32.0 Å². The molecule has 5 nitrogen and oxygen atoms in total. The second-order valence-corrected chi connectivity index (χ2v) is 7.64. The van der Waals surface area contributed by atoms with Crippen molar-refractivity contribution in [1.29, 1.82) is 0 Å². The van der Waals surface area contributed by atoms with Gasteiger partial charge in [-0.2, -0.15) is 0 Å². The maximum absolute atomic E-state index is 12.5. The van der Waals surface area contributed by atoms with Gasteiger partial charge in [0.05, 0.1) is 4.90 Å². The molecule has 0 saturated heterocycles. The van der Waals surface area contributed by atoms with Crippen molar-refractivity contribution < 1.29 is 13.2 Å². The molecule has 0 radical (unpaired) electrons. The fraction of sp³-hybridized carbons (Fsp3) is 0.462. The summed E-state index contributed by atoms with van der Waals surface area (Å²) in [5, 5.41) is 2.51. The lowest BCUT2D eigenvalue weighted by atomic mass is 10.2. The van der Waals surface area contributed by atoms with E-state index in [9.17, 15) is 13.2 Å². The first-order valence-electron chi connectivity index (χ1n) is 6.14. The number of sulfonamides is 1. The average molecular weight is 363 g/mol. The third-order valence-corrected chi connectivity index (χ3v) is 5.52. The van der Waals surface area contributed by atoms with E-state index >= 15 is 0 Å². The maximum atomic E-state index is 12.5. The molecule has 0 spiro atoms. The molecule has 1 aromatic rings. The highest BCUT2D eigenvalue weighted by Crippen LogP contribution is 2.23. The lowest BCUT2D eigenvalue weighted by Crippen LogP contribution is -2.37. The number of hydrogen-bond acceptors (Lipinski definition) is 3. The molecule has 1 aromatic carbocycles. The minimum Gasteiger partial charge on any atom is -0.359 e. The predicted octanol–water partition coefficient (Wildman–Crippen LogP) is 1.76. The molecule has 112 valence electrons. The van der Waals surface area contributed by atoms with Crippen LogP contribution in [0.4, 0.5) is 0 Å². The van der Waals surface area contributed by atoms with Crippen molar-refractivity contribution in [1.82, 2.24) is 9.62 Å². The third kappa shape index (κ3) is 3.80. The highest BCUT2D eigenvalue weighted by atomic mass is 79.9. The Morgan fingerprint density at radius 3 is 2.60 bits per heavy atom. The number of rotatable bonds is 5. The second kappa shape index (κ2) is 6.69. The molecule has 0 aliphatic carbocycles. The van der Waals surface area contributed by atoms with Crippen molar-refractivity contribution in [2.75, 3.05) is 20.6 Å². The Hall–Kier alpha value is -0.920. The Labute approximate surface area is 128 Å². The quantitative estimate of drug-likeness (QED) is 0.867. The number of carbonyl (C=O) groups is 1. The zero-order valence-electron chi connectivity index (χ0n) is 12.0. The number of carbonyl (C=O) groups excluding carboxylic acids is 1. The van der Waals surface area contributed by atoms with Crippen molar-refractivity contribution in [3.05, 3.63) is 28.2 Å². The van der Waals surface area contributed by atoms with Crippen LogP contribution in [0.25, 0.3) is 0 Å². The molecule has 0 saturated carbocycles. The topological polar surface area (TPSA) is 66.5 Å². The number of nitrogens with zero attached hydrogens (tertiary/aromatic N) is 1. The van der Waals surface area contributed by atoms with E-state index in [2.05, 4.69) is 21.2 Å². The number of hydrogen-bond donors (Lipinski definition) is 1. The van der Waals surface area contributed by atoms with Crippen molar-refractivity contribution in [2.45, 2.75) is 18.7 Å². The Kier molecular flexibility index (Phi) is 5.73. The van der Waals surface area contributed by atoms with Gasteiger partial charge in [-0.05, 0) is 24.6 Å². The molecule has 0 heterocycles. The van der Waals surface area contributed by atoms with Crippen LogP contribution in [0.3, 0.4) is 0 Å². The lowest BCUT2D eigenvalue weighted by molar-refractivity contribution is -0.124. The summed E-state index contributed by atoms with van der Waals surface area (Å²) in [6, 6.07) is 5.11. The van der Waals surface area contributed by atoms with E-state index in [0.717, 1.165) is 0 Å². The van der Waals surface area contributed by atoms with Crippen LogP contribution >= 0.6 is 15.9 Å². The zero-order valence-corrected chi connectivity index (χ0v) is 14.4. The van der Waals surface area contributed by atoms with Crippen LogP contribution in [0.5, 0.6) is 0 Å². The van der Waals surface area contributed by atoms with Crippen LogP contribution in [-0.4, -0.2) is 39.3 Å². The standard InChI is InChI=1S/C13H19BrN2O3S/c1-9-5-6-11(14)7-12(9)20(18,19)16(4)8-10(2)13(17)15-3/h5-7,10H,8H2,1-4H3,(H,15,17). The summed E-state index contributed by atoms with van der Waals surface area (Å²) in [6.45, 7) is 3.57. The molecule has 1 rings (SSSR count). The summed E-state index contributed by atoms with van der Waals surface area (Å²) < 4.78 is 27.0. The summed E-state index contributed by atoms with van der Waals surface area (Å²) >= 11 is 3.28. The first kappa shape index (κ1) is 17.1. The lowest BCUT2D eigenvalue weighted by Gasteiger charge is -2.21. The molecule has 0 aliphatic rings. The summed E-state index contributed by atoms with van der Waals surface area (Å²) in [5.74, 6) is -0.592. The van der Waals surface area contributed by atoms with Gasteiger partial charge in [0.15, 0.2) is 0 Å². The number of halogens is 1. The number of benzene rings is 1. The number of nitrogens with one attached hydrogen (secondary N) is 1. The highest BCUT2D eigenvalue weighted by molar-refractivity contribution is 9.10. The Balaban J connectivity index is 3.04. The molecule has 0 aromatic heterocycles. The zero-order chi connectivity index (χ0) is 15.5. The van der Waals surface area contributed by atoms with Gasteiger partial charge in [0, 0.05) is 31.0 Å². The molecule has 1 atom stereocenters. The van der Waals surface area contributed by atoms with E-state index in [0.29, 0.717) is 10.0 Å². The smallest absolute Gasteiger partial charge is 0.243 e. The minimum absolute atomic E-state index is 0.133. The second-order valence-electron chi connectivity index (χ2n) is 4.71. The van der Waals surface area contributed by atoms with Crippen LogP contribution in [0.15, 0.2) is 27.6 Å². The van der Waals surface area contributed by atoms with Crippen LogP contribution in [0, 0.1) is 12.8 Å². The Bertz CT molecular complexity index is 602. The Morgan fingerprint density at radius 1 is 1.45 bits per heavy atom. The van der Waals surface area contributed by atoms with E-state index < -0.39 is 15.9 Å². The van der Waals surface area contributed by atoms with Crippen molar-refractivity contribution in [3.8, 4) is 0 Å². The molecule has 1 N–H and O–H groups in total. The fourth-order valence-corrected chi connectivity index (χ4v) is 3.85. The van der Waals surface area contributed by atoms with Crippen LogP contribution in [-0.2, 0) is 14.8 Å². The first-order chi connectivity index (χ1) is 9.20. The van der Waals surface area contributed by atoms with Crippen molar-refractivity contribution in [3.63, 3.8) is 0 Å². The van der Waals surface area contributed by atoms with Gasteiger partial charge in [0.25, 0.3) is 0 Å². The van der Waals surface area contributed by atoms with Crippen molar-refractivity contribution >= 4 is 31.9 Å². The van der Waals surface area contributed by atoms with Gasteiger partial charge in [-0.25, -0.2) is 12.7 Å². The van der Waals surface area contributed by atoms with Gasteiger partial charge in [-0.1, -0.05) is 28.9 Å². The van der Waals surface area contributed by atoms with E-state index in [1.165, 1.54) is 18.4 Å². The molecular formula is C13H19BrN2O3S. The van der Waals surface area contributed by atoms with Crippen LogP contribution in [0.2, 0.25) is 0 Å². The molecule has 1 amide bonds. The van der Waals surface area contributed by atoms with Gasteiger partial charge in [0.2, 0.25) is 15.9 Å². The summed E-state index contributed by atoms with van der Waals surface area (Å²) in [5.41, 5.74) is 0.674. The molecule has 0 aliphatic heterocycles. The normalized spacial score (nSPS) is 13.3. The van der Waals surface area contributed by atoms with E-state index in [1.807, 2.05) is 0 Å². The minimum atomic E-state index is -3.61. The van der Waals surface area contributed by atoms with Gasteiger partial charge >= 0.3 is 0 Å². The summed E-state index contributed by atoms with van der Waals surface area (Å²) in [7, 11) is -0.591. The first-order valence-corrected chi connectivity index (χ1v) is 8.37. The maximum Gasteiger partial charge on any atom is 0.243 e. The van der Waals surface area contributed by atoms with Gasteiger partial charge in [-0.3, -0.25) is 4.79 Å². The summed E-state index contributed by atoms with van der Waals surface area (Å²) in [6.07, 6.45) is 0. The average Bonchev–Trinajstić information content (AvgIpc) is 2.40. The molecule has 20 heavy (non-hydrogen) atoms. The van der Waals surface area contributed by atoms with Gasteiger partial charge in [0.1, 0.15) is 0 Å². The Morgan fingerprint density at radius 2 is 2.05 bits per heavy atom. The molecule has 0 fully saturated rings. The molecule has 0 bridgehead atoms. The van der Waals surface area contributed by atoms with Gasteiger partial charge < -0.3 is 5.32 Å². The SMILES string of the molecule is CNC(=O)C(C)CN(C)S(=O)(=O)c1cc(Br)ccc1C. The summed E-state index contributed by atoms with van der Waals surface area (Å²) in [4.78, 5) is 11.7. The molecule has 1 unspecified atom stereocenters. The monoisotopic (exact) mass is 362 g/mol. The number of amides is 1. The van der Waals surface area contributed by atoms with Crippen LogP contribution < -0.4 is 5.32 Å². The van der Waals surface area contributed by atoms with Gasteiger partial charge in [-0.15, -0.1) is 0 Å². The largest absolute Gasteiger partial charge is 0.359 e. The highest BCUT2D eigenvalue weighted by Gasteiger charge is 2.26. The van der Waals surface area contributed by atoms with Crippen molar-refractivity contribution in [2.24, 2.45) is 5.92 Å². The number of aryl methyl sites for hydroxylation is 1. The third-order valence-electron chi connectivity index (χ3n) is 3.06.